The molecule has 3 aromatic rings. The van der Waals surface area contributed by atoms with Crippen LogP contribution >= 0.6 is 0 Å². The van der Waals surface area contributed by atoms with Gasteiger partial charge < -0.3 is 9.15 Å². The Morgan fingerprint density at radius 1 is 1.14 bits per heavy atom. The van der Waals surface area contributed by atoms with Crippen molar-refractivity contribution in [1.29, 1.82) is 0 Å². The van der Waals surface area contributed by atoms with Gasteiger partial charge in [-0.3, -0.25) is 9.52 Å². The zero-order chi connectivity index (χ0) is 20.3. The van der Waals surface area contributed by atoms with Gasteiger partial charge >= 0.3 is 0 Å². The second-order valence-corrected chi connectivity index (χ2v) is 8.42. The molecule has 1 aromatic heterocycles. The number of furan rings is 1. The Hall–Kier alpha value is -2.80. The van der Waals surface area contributed by atoms with Gasteiger partial charge in [0.05, 0.1) is 18.4 Å². The molecule has 6 nitrogen and oxygen atoms in total. The van der Waals surface area contributed by atoms with Crippen LogP contribution in [0.15, 0.2) is 46.9 Å². The average Bonchev–Trinajstić information content (AvgIpc) is 2.96. The van der Waals surface area contributed by atoms with Crippen LogP contribution in [0.1, 0.15) is 41.4 Å². The van der Waals surface area contributed by atoms with Gasteiger partial charge in [0.25, 0.3) is 0 Å². The number of anilines is 1. The Labute approximate surface area is 164 Å². The van der Waals surface area contributed by atoms with Crippen molar-refractivity contribution < 1.29 is 22.4 Å². The van der Waals surface area contributed by atoms with Gasteiger partial charge in [-0.2, -0.15) is 0 Å². The van der Waals surface area contributed by atoms with Crippen molar-refractivity contribution in [2.45, 2.75) is 26.7 Å². The molecule has 148 valence electrons. The molecular weight excluding hydrogens is 378 g/mol. The number of unbranched alkanes of at least 4 members (excludes halogenated alkanes) is 1. The highest BCUT2D eigenvalue weighted by Gasteiger charge is 2.20. The lowest BCUT2D eigenvalue weighted by Gasteiger charge is -2.07. The smallest absolute Gasteiger partial charge is 0.229 e. The molecule has 0 amide bonds. The molecular formula is C21H23NO5S. The number of ketones is 1. The van der Waals surface area contributed by atoms with Crippen LogP contribution in [-0.4, -0.2) is 27.1 Å². The van der Waals surface area contributed by atoms with E-state index in [2.05, 4.69) is 11.6 Å². The van der Waals surface area contributed by atoms with Crippen molar-refractivity contribution in [3.8, 4) is 5.75 Å². The zero-order valence-corrected chi connectivity index (χ0v) is 16.9. The minimum atomic E-state index is -3.42. The Kier molecular flexibility index (Phi) is 5.74. The van der Waals surface area contributed by atoms with Crippen molar-refractivity contribution in [3.05, 3.63) is 59.4 Å². The first-order valence-corrected chi connectivity index (χ1v) is 11.0. The number of hydrogen-bond donors (Lipinski definition) is 1. The number of sulfonamides is 1. The van der Waals surface area contributed by atoms with Gasteiger partial charge in [0, 0.05) is 16.6 Å². The fourth-order valence-corrected chi connectivity index (χ4v) is 3.52. The normalized spacial score (nSPS) is 11.5. The summed E-state index contributed by atoms with van der Waals surface area (Å²) >= 11 is 0. The minimum Gasteiger partial charge on any atom is -0.494 e. The third-order valence-electron chi connectivity index (χ3n) is 4.28. The molecule has 0 saturated carbocycles. The van der Waals surface area contributed by atoms with E-state index in [0.717, 1.165) is 24.8 Å². The van der Waals surface area contributed by atoms with Crippen LogP contribution in [0.2, 0.25) is 0 Å². The maximum atomic E-state index is 13.1. The van der Waals surface area contributed by atoms with Crippen LogP contribution in [-0.2, 0) is 10.0 Å². The number of carbonyl (C=O) groups is 1. The van der Waals surface area contributed by atoms with Crippen molar-refractivity contribution in [3.63, 3.8) is 0 Å². The SMILES string of the molecule is CCCCOc1ccc(C(=O)c2c(C)oc3ccc(NS(C)(=O)=O)cc23)cc1. The third-order valence-corrected chi connectivity index (χ3v) is 4.88. The molecule has 0 saturated heterocycles. The van der Waals surface area contributed by atoms with Crippen LogP contribution in [0.5, 0.6) is 5.75 Å². The molecule has 0 radical (unpaired) electrons. The number of nitrogens with one attached hydrogen (secondary N) is 1. The van der Waals surface area contributed by atoms with Crippen molar-refractivity contribution in [1.82, 2.24) is 0 Å². The second-order valence-electron chi connectivity index (χ2n) is 6.67. The van der Waals surface area contributed by atoms with Crippen LogP contribution in [0.25, 0.3) is 11.0 Å². The largest absolute Gasteiger partial charge is 0.494 e. The number of aryl methyl sites for hydroxylation is 1. The van der Waals surface area contributed by atoms with E-state index >= 15 is 0 Å². The van der Waals surface area contributed by atoms with Gasteiger partial charge in [-0.25, -0.2) is 8.42 Å². The Morgan fingerprint density at radius 2 is 1.86 bits per heavy atom. The molecule has 2 aromatic carbocycles. The highest BCUT2D eigenvalue weighted by molar-refractivity contribution is 7.92. The van der Waals surface area contributed by atoms with Gasteiger partial charge in [-0.1, -0.05) is 13.3 Å². The lowest BCUT2D eigenvalue weighted by atomic mass is 10.00. The predicted octanol–water partition coefficient (Wildman–Crippen LogP) is 4.52. The van der Waals surface area contributed by atoms with Crippen LogP contribution in [0, 0.1) is 6.92 Å². The van der Waals surface area contributed by atoms with Gasteiger partial charge in [0.15, 0.2) is 5.78 Å². The van der Waals surface area contributed by atoms with Crippen molar-refractivity contribution in [2.24, 2.45) is 0 Å². The first-order valence-electron chi connectivity index (χ1n) is 9.07. The summed E-state index contributed by atoms with van der Waals surface area (Å²) in [4.78, 5) is 13.1. The first kappa shape index (κ1) is 19.9. The summed E-state index contributed by atoms with van der Waals surface area (Å²) in [6.07, 6.45) is 3.11. The molecule has 3 rings (SSSR count). The van der Waals surface area contributed by atoms with E-state index in [-0.39, 0.29) is 5.78 Å². The minimum absolute atomic E-state index is 0.187. The quantitative estimate of drug-likeness (QED) is 0.443. The number of fused-ring (bicyclic) bond motifs is 1. The highest BCUT2D eigenvalue weighted by Crippen LogP contribution is 2.30. The van der Waals surface area contributed by atoms with E-state index < -0.39 is 10.0 Å². The highest BCUT2D eigenvalue weighted by atomic mass is 32.2. The summed E-state index contributed by atoms with van der Waals surface area (Å²) in [5, 5.41) is 0.569. The molecule has 0 aliphatic heterocycles. The van der Waals surface area contributed by atoms with E-state index in [1.165, 1.54) is 0 Å². The average molecular weight is 401 g/mol. The molecule has 1 heterocycles. The monoisotopic (exact) mass is 401 g/mol. The number of hydrogen-bond acceptors (Lipinski definition) is 5. The fourth-order valence-electron chi connectivity index (χ4n) is 2.96. The molecule has 1 N–H and O–H groups in total. The summed E-state index contributed by atoms with van der Waals surface area (Å²) in [5.74, 6) is 1.02. The fraction of sp³-hybridized carbons (Fsp3) is 0.286. The molecule has 0 aliphatic carbocycles. The molecule has 0 aliphatic rings. The van der Waals surface area contributed by atoms with Gasteiger partial charge in [0.1, 0.15) is 17.1 Å². The first-order chi connectivity index (χ1) is 13.3. The number of carbonyl (C=O) groups excluding carboxylic acids is 1. The predicted molar refractivity (Wildman–Crippen MR) is 110 cm³/mol. The molecule has 0 spiro atoms. The number of benzene rings is 2. The van der Waals surface area contributed by atoms with Crippen LogP contribution < -0.4 is 9.46 Å². The lowest BCUT2D eigenvalue weighted by Crippen LogP contribution is -2.09. The number of ether oxygens (including phenoxy) is 1. The molecule has 0 fully saturated rings. The number of rotatable bonds is 8. The van der Waals surface area contributed by atoms with Crippen molar-refractivity contribution in [2.75, 3.05) is 17.6 Å². The molecule has 0 atom stereocenters. The summed E-state index contributed by atoms with van der Waals surface area (Å²) in [6.45, 7) is 4.46. The zero-order valence-electron chi connectivity index (χ0n) is 16.1. The maximum Gasteiger partial charge on any atom is 0.229 e. The van der Waals surface area contributed by atoms with E-state index in [1.54, 1.807) is 49.4 Å². The summed E-state index contributed by atoms with van der Waals surface area (Å²) in [6, 6.07) is 11.9. The lowest BCUT2D eigenvalue weighted by molar-refractivity contribution is 0.103. The van der Waals surface area contributed by atoms with E-state index in [9.17, 15) is 13.2 Å². The topological polar surface area (TPSA) is 85.6 Å². The molecule has 28 heavy (non-hydrogen) atoms. The third kappa shape index (κ3) is 4.54. The van der Waals surface area contributed by atoms with Gasteiger partial charge in [-0.05, 0) is 55.8 Å². The van der Waals surface area contributed by atoms with Crippen LogP contribution in [0.4, 0.5) is 5.69 Å². The Bertz CT molecular complexity index is 1100. The van der Waals surface area contributed by atoms with E-state index in [0.29, 0.717) is 40.2 Å². The van der Waals surface area contributed by atoms with E-state index in [4.69, 9.17) is 9.15 Å². The van der Waals surface area contributed by atoms with Crippen LogP contribution in [0.3, 0.4) is 0 Å². The summed E-state index contributed by atoms with van der Waals surface area (Å²) in [7, 11) is -3.42. The maximum absolute atomic E-state index is 13.1. The molecule has 0 unspecified atom stereocenters. The second kappa shape index (κ2) is 8.06. The standard InChI is InChI=1S/C21H23NO5S/c1-4-5-12-26-17-9-6-15(7-10-17)21(23)20-14(2)27-19-11-8-16(13-18(19)20)22-28(3,24)25/h6-11,13,22H,4-5,12H2,1-3H3. The molecule has 7 heteroatoms. The van der Waals surface area contributed by atoms with Gasteiger partial charge in [0.2, 0.25) is 10.0 Å². The summed E-state index contributed by atoms with van der Waals surface area (Å²) in [5.41, 5.74) is 1.84. The molecule has 0 bridgehead atoms. The van der Waals surface area contributed by atoms with Crippen molar-refractivity contribution >= 4 is 32.5 Å². The van der Waals surface area contributed by atoms with Gasteiger partial charge in [-0.15, -0.1) is 0 Å². The van der Waals surface area contributed by atoms with E-state index in [1.807, 2.05) is 0 Å². The Morgan fingerprint density at radius 3 is 2.50 bits per heavy atom. The summed E-state index contributed by atoms with van der Waals surface area (Å²) < 4.78 is 36.7. The Balaban J connectivity index is 1.92.